The zero-order valence-electron chi connectivity index (χ0n) is 16.7. The molecular formula is C23H23N3O3. The summed E-state index contributed by atoms with van der Waals surface area (Å²) in [6.07, 6.45) is 7.34. The second kappa shape index (κ2) is 8.98. The standard InChI is InChI=1S/C23H23N3O3/c1-5-12-26-16(2)19(18-8-6-7-9-20(18)26)15-24-25-23(27)14-17-10-11-21(28-3)22(13-17)29-4/h1,6-11,13,15H,12,14H2,2-4H3,(H,25,27)/b24-15-. The molecule has 3 aromatic rings. The molecule has 1 aromatic heterocycles. The Bertz CT molecular complexity index is 1110. The molecule has 0 atom stereocenters. The number of para-hydroxylation sites is 1. The summed E-state index contributed by atoms with van der Waals surface area (Å²) < 4.78 is 12.5. The van der Waals surface area contributed by atoms with Gasteiger partial charge in [-0.25, -0.2) is 5.43 Å². The molecule has 0 radical (unpaired) electrons. The Hall–Kier alpha value is -3.72. The van der Waals surface area contributed by atoms with E-state index in [1.54, 1.807) is 32.6 Å². The topological polar surface area (TPSA) is 64.9 Å². The van der Waals surface area contributed by atoms with Gasteiger partial charge in [-0.3, -0.25) is 4.79 Å². The van der Waals surface area contributed by atoms with E-state index in [0.29, 0.717) is 18.0 Å². The van der Waals surface area contributed by atoms with Gasteiger partial charge in [0.25, 0.3) is 0 Å². The average molecular weight is 389 g/mol. The van der Waals surface area contributed by atoms with E-state index in [1.165, 1.54) is 0 Å². The molecule has 0 bridgehead atoms. The van der Waals surface area contributed by atoms with Crippen molar-refractivity contribution in [3.8, 4) is 23.8 Å². The number of methoxy groups -OCH3 is 2. The third kappa shape index (κ3) is 4.25. The lowest BCUT2D eigenvalue weighted by atomic mass is 10.1. The first kappa shape index (κ1) is 20.0. The molecule has 29 heavy (non-hydrogen) atoms. The smallest absolute Gasteiger partial charge is 0.244 e. The highest BCUT2D eigenvalue weighted by molar-refractivity contribution is 6.01. The first-order valence-electron chi connectivity index (χ1n) is 9.13. The fourth-order valence-electron chi connectivity index (χ4n) is 3.30. The Morgan fingerprint density at radius 1 is 1.21 bits per heavy atom. The van der Waals surface area contributed by atoms with Gasteiger partial charge < -0.3 is 14.0 Å². The third-order valence-corrected chi connectivity index (χ3v) is 4.72. The molecule has 0 saturated carbocycles. The third-order valence-electron chi connectivity index (χ3n) is 4.72. The molecule has 2 aromatic carbocycles. The minimum absolute atomic E-state index is 0.176. The van der Waals surface area contributed by atoms with Crippen molar-refractivity contribution in [3.05, 3.63) is 59.3 Å². The number of amides is 1. The Kier molecular flexibility index (Phi) is 6.20. The van der Waals surface area contributed by atoms with Crippen molar-refractivity contribution in [2.45, 2.75) is 19.9 Å². The van der Waals surface area contributed by atoms with Crippen molar-refractivity contribution in [1.29, 1.82) is 0 Å². The number of benzene rings is 2. The second-order valence-electron chi connectivity index (χ2n) is 6.47. The molecule has 6 heteroatoms. The number of ether oxygens (including phenoxy) is 2. The van der Waals surface area contributed by atoms with E-state index in [9.17, 15) is 4.79 Å². The summed E-state index contributed by atoms with van der Waals surface area (Å²) in [6, 6.07) is 13.3. The number of fused-ring (bicyclic) bond motifs is 1. The Balaban J connectivity index is 1.74. The molecule has 3 rings (SSSR count). The van der Waals surface area contributed by atoms with Crippen LogP contribution in [-0.4, -0.2) is 30.9 Å². The number of hydrazone groups is 1. The molecule has 0 aliphatic heterocycles. The minimum atomic E-state index is -0.224. The van der Waals surface area contributed by atoms with Crippen molar-refractivity contribution in [2.75, 3.05) is 14.2 Å². The van der Waals surface area contributed by atoms with Crippen LogP contribution >= 0.6 is 0 Å². The molecule has 0 spiro atoms. The Morgan fingerprint density at radius 2 is 1.97 bits per heavy atom. The fourth-order valence-corrected chi connectivity index (χ4v) is 3.30. The molecule has 148 valence electrons. The number of aromatic nitrogens is 1. The van der Waals surface area contributed by atoms with Crippen LogP contribution in [0.4, 0.5) is 0 Å². The van der Waals surface area contributed by atoms with Gasteiger partial charge in [-0.1, -0.05) is 30.2 Å². The van der Waals surface area contributed by atoms with Crippen LogP contribution in [-0.2, 0) is 17.8 Å². The first-order chi connectivity index (χ1) is 14.1. The Morgan fingerprint density at radius 3 is 2.69 bits per heavy atom. The maximum Gasteiger partial charge on any atom is 0.244 e. The van der Waals surface area contributed by atoms with E-state index >= 15 is 0 Å². The maximum atomic E-state index is 12.3. The molecule has 0 aliphatic carbocycles. The zero-order valence-corrected chi connectivity index (χ0v) is 16.7. The number of carbonyl (C=O) groups excluding carboxylic acids is 1. The van der Waals surface area contributed by atoms with Crippen molar-refractivity contribution >= 4 is 23.0 Å². The van der Waals surface area contributed by atoms with Gasteiger partial charge in [-0.2, -0.15) is 5.10 Å². The summed E-state index contributed by atoms with van der Waals surface area (Å²) in [6.45, 7) is 2.47. The monoisotopic (exact) mass is 389 g/mol. The van der Waals surface area contributed by atoms with E-state index in [-0.39, 0.29) is 12.3 Å². The molecule has 1 amide bonds. The quantitative estimate of drug-likeness (QED) is 0.383. The number of hydrogen-bond acceptors (Lipinski definition) is 4. The first-order valence-corrected chi connectivity index (χ1v) is 9.13. The highest BCUT2D eigenvalue weighted by Gasteiger charge is 2.12. The highest BCUT2D eigenvalue weighted by atomic mass is 16.5. The van der Waals surface area contributed by atoms with E-state index in [0.717, 1.165) is 27.7 Å². The normalized spacial score (nSPS) is 10.8. The second-order valence-corrected chi connectivity index (χ2v) is 6.47. The van der Waals surface area contributed by atoms with Gasteiger partial charge in [-0.15, -0.1) is 6.42 Å². The zero-order chi connectivity index (χ0) is 20.8. The van der Waals surface area contributed by atoms with Crippen LogP contribution in [0.2, 0.25) is 0 Å². The van der Waals surface area contributed by atoms with Crippen LogP contribution in [0.25, 0.3) is 10.9 Å². The van der Waals surface area contributed by atoms with Crippen LogP contribution in [0.1, 0.15) is 16.8 Å². The van der Waals surface area contributed by atoms with E-state index in [2.05, 4.69) is 21.0 Å². The summed E-state index contributed by atoms with van der Waals surface area (Å²) in [5, 5.41) is 5.19. The number of hydrogen-bond donors (Lipinski definition) is 1. The molecule has 1 heterocycles. The van der Waals surface area contributed by atoms with Gasteiger partial charge >= 0.3 is 0 Å². The van der Waals surface area contributed by atoms with Crippen LogP contribution in [0, 0.1) is 19.3 Å². The van der Waals surface area contributed by atoms with Crippen molar-refractivity contribution < 1.29 is 14.3 Å². The highest BCUT2D eigenvalue weighted by Crippen LogP contribution is 2.27. The van der Waals surface area contributed by atoms with Crippen LogP contribution < -0.4 is 14.9 Å². The van der Waals surface area contributed by atoms with Crippen LogP contribution in [0.3, 0.4) is 0 Å². The van der Waals surface area contributed by atoms with Gasteiger partial charge in [0.1, 0.15) is 0 Å². The van der Waals surface area contributed by atoms with Crippen LogP contribution in [0.15, 0.2) is 47.6 Å². The number of nitrogens with zero attached hydrogens (tertiary/aromatic N) is 2. The predicted molar refractivity (Wildman–Crippen MR) is 114 cm³/mol. The molecule has 1 N–H and O–H groups in total. The molecule has 6 nitrogen and oxygen atoms in total. The van der Waals surface area contributed by atoms with Gasteiger partial charge in [0.05, 0.1) is 33.4 Å². The number of carbonyl (C=O) groups is 1. The summed E-state index contributed by atoms with van der Waals surface area (Å²) in [5.74, 6) is 3.66. The summed E-state index contributed by atoms with van der Waals surface area (Å²) in [4.78, 5) is 12.3. The van der Waals surface area contributed by atoms with E-state index in [4.69, 9.17) is 15.9 Å². The maximum absolute atomic E-state index is 12.3. The number of nitrogens with one attached hydrogen (secondary N) is 1. The van der Waals surface area contributed by atoms with Crippen molar-refractivity contribution in [2.24, 2.45) is 5.10 Å². The van der Waals surface area contributed by atoms with Gasteiger partial charge in [0.2, 0.25) is 5.91 Å². The summed E-state index contributed by atoms with van der Waals surface area (Å²) in [7, 11) is 3.13. The van der Waals surface area contributed by atoms with Gasteiger partial charge in [0.15, 0.2) is 11.5 Å². The van der Waals surface area contributed by atoms with Gasteiger partial charge in [0, 0.05) is 22.2 Å². The summed E-state index contributed by atoms with van der Waals surface area (Å²) >= 11 is 0. The molecule has 0 saturated heterocycles. The van der Waals surface area contributed by atoms with Crippen molar-refractivity contribution in [1.82, 2.24) is 9.99 Å². The minimum Gasteiger partial charge on any atom is -0.493 e. The lowest BCUT2D eigenvalue weighted by Gasteiger charge is -2.09. The van der Waals surface area contributed by atoms with Crippen molar-refractivity contribution in [3.63, 3.8) is 0 Å². The van der Waals surface area contributed by atoms with Crippen LogP contribution in [0.5, 0.6) is 11.5 Å². The van der Waals surface area contributed by atoms with Gasteiger partial charge in [-0.05, 0) is 30.7 Å². The SMILES string of the molecule is C#CCn1c(C)c(/C=N\NC(=O)Cc2ccc(OC)c(OC)c2)c2ccccc21. The molecular weight excluding hydrogens is 366 g/mol. The fraction of sp³-hybridized carbons (Fsp3) is 0.217. The van der Waals surface area contributed by atoms with E-state index < -0.39 is 0 Å². The molecule has 0 aliphatic rings. The lowest BCUT2D eigenvalue weighted by molar-refractivity contribution is -0.120. The van der Waals surface area contributed by atoms with E-state index in [1.807, 2.05) is 37.3 Å². The predicted octanol–water partition coefficient (Wildman–Crippen LogP) is 3.29. The number of rotatable bonds is 7. The number of terminal acetylenes is 1. The Labute approximate surface area is 170 Å². The lowest BCUT2D eigenvalue weighted by Crippen LogP contribution is -2.19. The largest absolute Gasteiger partial charge is 0.493 e. The molecule has 0 fully saturated rings. The molecule has 0 unspecified atom stereocenters. The average Bonchev–Trinajstić information content (AvgIpc) is 3.00. The summed E-state index contributed by atoms with van der Waals surface area (Å²) in [5.41, 5.74) is 6.37.